The Morgan fingerprint density at radius 1 is 1.47 bits per heavy atom. The number of carbonyl (C=O) groups excluding carboxylic acids is 2. The maximum Gasteiger partial charge on any atom is 0.350 e. The number of carbonyl (C=O) groups is 2. The molecule has 0 aromatic carbocycles. The molecule has 1 unspecified atom stereocenters. The molecule has 2 aliphatic rings. The van der Waals surface area contributed by atoms with Crippen LogP contribution in [0, 0.1) is 5.92 Å². The van der Waals surface area contributed by atoms with Crippen molar-refractivity contribution in [3.05, 3.63) is 0 Å². The Kier molecular flexibility index (Phi) is 3.76. The van der Waals surface area contributed by atoms with Crippen LogP contribution in [0.25, 0.3) is 0 Å². The van der Waals surface area contributed by atoms with E-state index in [0.717, 1.165) is 25.7 Å². The summed E-state index contributed by atoms with van der Waals surface area (Å²) < 4.78 is 5.02. The highest BCUT2D eigenvalue weighted by atomic mass is 16.7. The number of esters is 1. The van der Waals surface area contributed by atoms with Crippen LogP contribution in [0.1, 0.15) is 39.0 Å². The van der Waals surface area contributed by atoms with E-state index >= 15 is 0 Å². The molecule has 0 saturated heterocycles. The van der Waals surface area contributed by atoms with Gasteiger partial charge in [0.25, 0.3) is 0 Å². The molecule has 1 heterocycles. The van der Waals surface area contributed by atoms with Gasteiger partial charge in [-0.05, 0) is 19.3 Å². The SMILES string of the molecule is CCCCOC(=O)C1CC(C(=O)C2CC2)=NO1. The first-order chi connectivity index (χ1) is 8.22. The van der Waals surface area contributed by atoms with Crippen molar-refractivity contribution in [1.29, 1.82) is 0 Å². The molecule has 1 aliphatic carbocycles. The molecule has 94 valence electrons. The average Bonchev–Trinajstić information content (AvgIpc) is 3.05. The molecule has 0 aromatic rings. The van der Waals surface area contributed by atoms with Crippen molar-refractivity contribution in [2.45, 2.75) is 45.1 Å². The molecule has 1 saturated carbocycles. The summed E-state index contributed by atoms with van der Waals surface area (Å²) in [6.45, 7) is 2.43. The number of nitrogens with zero attached hydrogens (tertiary/aromatic N) is 1. The van der Waals surface area contributed by atoms with Crippen molar-refractivity contribution in [1.82, 2.24) is 0 Å². The molecule has 2 rings (SSSR count). The molecule has 1 atom stereocenters. The Morgan fingerprint density at radius 3 is 2.88 bits per heavy atom. The van der Waals surface area contributed by atoms with E-state index in [1.165, 1.54) is 0 Å². The molecule has 0 bridgehead atoms. The van der Waals surface area contributed by atoms with Gasteiger partial charge in [0.15, 0.2) is 5.78 Å². The van der Waals surface area contributed by atoms with Crippen molar-refractivity contribution in [2.75, 3.05) is 6.61 Å². The predicted molar refractivity (Wildman–Crippen MR) is 60.5 cm³/mol. The van der Waals surface area contributed by atoms with E-state index in [0.29, 0.717) is 12.3 Å². The number of Topliss-reactive ketones (excluding diaryl/α,β-unsaturated/α-hetero) is 1. The summed E-state index contributed by atoms with van der Waals surface area (Å²) in [4.78, 5) is 28.2. The second kappa shape index (κ2) is 5.29. The zero-order valence-electron chi connectivity index (χ0n) is 9.98. The Balaban J connectivity index is 1.75. The van der Waals surface area contributed by atoms with E-state index in [2.05, 4.69) is 5.16 Å². The highest BCUT2D eigenvalue weighted by Crippen LogP contribution is 2.32. The molecule has 5 nitrogen and oxygen atoms in total. The quantitative estimate of drug-likeness (QED) is 0.520. The van der Waals surface area contributed by atoms with Gasteiger partial charge in [-0.25, -0.2) is 4.79 Å². The van der Waals surface area contributed by atoms with Crippen molar-refractivity contribution in [3.63, 3.8) is 0 Å². The van der Waals surface area contributed by atoms with Crippen LogP contribution < -0.4 is 0 Å². The van der Waals surface area contributed by atoms with Crippen LogP contribution in [0.4, 0.5) is 0 Å². The van der Waals surface area contributed by atoms with Crippen molar-refractivity contribution >= 4 is 17.5 Å². The first kappa shape index (κ1) is 12.1. The molecule has 1 aliphatic heterocycles. The lowest BCUT2D eigenvalue weighted by molar-refractivity contribution is -0.155. The first-order valence-corrected chi connectivity index (χ1v) is 6.16. The minimum Gasteiger partial charge on any atom is -0.463 e. The lowest BCUT2D eigenvalue weighted by Gasteiger charge is -2.07. The van der Waals surface area contributed by atoms with E-state index in [-0.39, 0.29) is 18.1 Å². The van der Waals surface area contributed by atoms with Crippen LogP contribution in [-0.2, 0) is 19.2 Å². The van der Waals surface area contributed by atoms with Crippen LogP contribution in [0.5, 0.6) is 0 Å². The molecule has 0 radical (unpaired) electrons. The van der Waals surface area contributed by atoms with Gasteiger partial charge in [-0.15, -0.1) is 0 Å². The van der Waals surface area contributed by atoms with Gasteiger partial charge < -0.3 is 9.57 Å². The first-order valence-electron chi connectivity index (χ1n) is 6.16. The fraction of sp³-hybridized carbons (Fsp3) is 0.750. The van der Waals surface area contributed by atoms with Gasteiger partial charge in [0.2, 0.25) is 6.10 Å². The van der Waals surface area contributed by atoms with E-state index in [1.54, 1.807) is 0 Å². The number of oxime groups is 1. The van der Waals surface area contributed by atoms with Gasteiger partial charge in [-0.3, -0.25) is 4.79 Å². The minimum atomic E-state index is -0.718. The maximum atomic E-state index is 11.7. The molecule has 17 heavy (non-hydrogen) atoms. The molecular formula is C12H17NO4. The van der Waals surface area contributed by atoms with Gasteiger partial charge in [-0.1, -0.05) is 18.5 Å². The summed E-state index contributed by atoms with van der Waals surface area (Å²) in [6.07, 6.45) is 3.23. The Morgan fingerprint density at radius 2 is 2.24 bits per heavy atom. The topological polar surface area (TPSA) is 65.0 Å². The van der Waals surface area contributed by atoms with Crippen LogP contribution in [0.2, 0.25) is 0 Å². The fourth-order valence-electron chi connectivity index (χ4n) is 1.64. The number of hydrogen-bond donors (Lipinski definition) is 0. The maximum absolute atomic E-state index is 11.7. The smallest absolute Gasteiger partial charge is 0.350 e. The summed E-state index contributed by atoms with van der Waals surface area (Å²) in [7, 11) is 0. The standard InChI is InChI=1S/C12H17NO4/c1-2-3-6-16-12(15)10-7-9(13-17-10)11(14)8-4-5-8/h8,10H,2-7H2,1H3. The number of hydrogen-bond acceptors (Lipinski definition) is 5. The average molecular weight is 239 g/mol. The molecule has 0 N–H and O–H groups in total. The van der Waals surface area contributed by atoms with Crippen LogP contribution in [0.15, 0.2) is 5.16 Å². The Labute approximate surface area is 100 Å². The van der Waals surface area contributed by atoms with Gasteiger partial charge >= 0.3 is 5.97 Å². The summed E-state index contributed by atoms with van der Waals surface area (Å²) in [5.41, 5.74) is 0.393. The summed E-state index contributed by atoms with van der Waals surface area (Å²) in [5.74, 6) is -0.262. The third-order valence-electron chi connectivity index (χ3n) is 2.91. The molecule has 0 aromatic heterocycles. The van der Waals surface area contributed by atoms with E-state index in [1.807, 2.05) is 6.92 Å². The molecular weight excluding hydrogens is 222 g/mol. The van der Waals surface area contributed by atoms with E-state index in [9.17, 15) is 9.59 Å². The zero-order valence-corrected chi connectivity index (χ0v) is 9.98. The third kappa shape index (κ3) is 3.05. The predicted octanol–water partition coefficient (Wildman–Crippen LogP) is 1.45. The highest BCUT2D eigenvalue weighted by Gasteiger charge is 2.39. The van der Waals surface area contributed by atoms with Gasteiger partial charge in [-0.2, -0.15) is 0 Å². The minimum absolute atomic E-state index is 0.0360. The molecule has 0 amide bonds. The van der Waals surface area contributed by atoms with E-state index < -0.39 is 12.1 Å². The largest absolute Gasteiger partial charge is 0.463 e. The molecule has 1 fully saturated rings. The van der Waals surface area contributed by atoms with Crippen molar-refractivity contribution < 1.29 is 19.2 Å². The zero-order chi connectivity index (χ0) is 12.3. The summed E-state index contributed by atoms with van der Waals surface area (Å²) in [6, 6.07) is 0. The van der Waals surface area contributed by atoms with Gasteiger partial charge in [0.05, 0.1) is 6.61 Å². The summed E-state index contributed by atoms with van der Waals surface area (Å²) >= 11 is 0. The number of rotatable bonds is 6. The number of ketones is 1. The fourth-order valence-corrected chi connectivity index (χ4v) is 1.64. The van der Waals surface area contributed by atoms with Crippen LogP contribution >= 0.6 is 0 Å². The van der Waals surface area contributed by atoms with Crippen molar-refractivity contribution in [3.8, 4) is 0 Å². The second-order valence-electron chi connectivity index (χ2n) is 4.50. The van der Waals surface area contributed by atoms with Gasteiger partial charge in [0, 0.05) is 12.3 Å². The second-order valence-corrected chi connectivity index (χ2v) is 4.50. The van der Waals surface area contributed by atoms with Crippen LogP contribution in [0.3, 0.4) is 0 Å². The number of ether oxygens (including phenoxy) is 1. The molecule has 0 spiro atoms. The highest BCUT2D eigenvalue weighted by molar-refractivity contribution is 6.41. The van der Waals surface area contributed by atoms with Gasteiger partial charge in [0.1, 0.15) is 5.71 Å². The van der Waals surface area contributed by atoms with E-state index in [4.69, 9.17) is 9.57 Å². The lowest BCUT2D eigenvalue weighted by Crippen LogP contribution is -2.25. The summed E-state index contributed by atoms with van der Waals surface area (Å²) in [5, 5.41) is 3.69. The Bertz CT molecular complexity index is 346. The monoisotopic (exact) mass is 239 g/mol. The lowest BCUT2D eigenvalue weighted by atomic mass is 10.1. The number of unbranched alkanes of at least 4 members (excludes halogenated alkanes) is 1. The Hall–Kier alpha value is -1.39. The van der Waals surface area contributed by atoms with Crippen molar-refractivity contribution in [2.24, 2.45) is 11.1 Å². The third-order valence-corrected chi connectivity index (χ3v) is 2.91. The van der Waals surface area contributed by atoms with Crippen LogP contribution in [-0.4, -0.2) is 30.2 Å². The normalized spacial score (nSPS) is 22.9. The molecule has 5 heteroatoms.